The van der Waals surface area contributed by atoms with Crippen LogP contribution in [0, 0.1) is 13.8 Å². The molecule has 0 radical (unpaired) electrons. The molecule has 356 valence electrons. The maximum atomic E-state index is 4.49. The van der Waals surface area contributed by atoms with Crippen molar-refractivity contribution in [1.29, 1.82) is 0 Å². The van der Waals surface area contributed by atoms with E-state index in [1.807, 2.05) is 0 Å². The van der Waals surface area contributed by atoms with Gasteiger partial charge in [-0.25, -0.2) is 0 Å². The molecule has 13 rings (SSSR count). The van der Waals surface area contributed by atoms with Gasteiger partial charge in [-0.05, 0) is 189 Å². The van der Waals surface area contributed by atoms with E-state index < -0.39 is 10.8 Å². The maximum Gasteiger partial charge on any atom is 0.0754 e. The van der Waals surface area contributed by atoms with Gasteiger partial charge in [-0.15, -0.1) is 0 Å². The number of hydrogen-bond donors (Lipinski definition) is 0. The van der Waals surface area contributed by atoms with Crippen molar-refractivity contribution in [2.24, 2.45) is 0 Å². The van der Waals surface area contributed by atoms with Crippen LogP contribution in [0.5, 0.6) is 0 Å². The third-order valence-corrected chi connectivity index (χ3v) is 16.9. The van der Waals surface area contributed by atoms with Crippen molar-refractivity contribution in [2.45, 2.75) is 84.5 Å². The smallest absolute Gasteiger partial charge is 0.0754 e. The molecular weight excluding hydrogens is 881 g/mol. The fourth-order valence-electron chi connectivity index (χ4n) is 13.2. The van der Waals surface area contributed by atoms with Gasteiger partial charge in [0.1, 0.15) is 0 Å². The van der Waals surface area contributed by atoms with Gasteiger partial charge in [0.25, 0.3) is 0 Å². The van der Waals surface area contributed by atoms with E-state index in [4.69, 9.17) is 0 Å². The second kappa shape index (κ2) is 15.8. The highest BCUT2D eigenvalue weighted by Crippen LogP contribution is 2.69. The van der Waals surface area contributed by atoms with Gasteiger partial charge in [0.15, 0.2) is 0 Å². The Morgan fingerprint density at radius 3 is 1.48 bits per heavy atom. The Hall–Kier alpha value is -7.94. The molecule has 0 fully saturated rings. The van der Waals surface area contributed by atoms with Gasteiger partial charge < -0.3 is 9.80 Å². The Morgan fingerprint density at radius 2 is 0.890 bits per heavy atom. The highest BCUT2D eigenvalue weighted by Gasteiger charge is 2.57. The molecule has 9 aromatic rings. The Balaban J connectivity index is 1.17. The van der Waals surface area contributed by atoms with E-state index in [1.165, 1.54) is 112 Å². The summed E-state index contributed by atoms with van der Waals surface area (Å²) in [4.78, 5) is 5.01. The molecule has 0 N–H and O–H groups in total. The molecule has 2 spiro atoms. The molecule has 0 saturated carbocycles. The van der Waals surface area contributed by atoms with Gasteiger partial charge >= 0.3 is 0 Å². The van der Waals surface area contributed by atoms with Crippen LogP contribution < -0.4 is 9.80 Å². The van der Waals surface area contributed by atoms with Crippen LogP contribution in [-0.2, 0) is 16.2 Å². The quantitative estimate of drug-likeness (QED) is 0.170. The Morgan fingerprint density at radius 1 is 0.411 bits per heavy atom. The Labute approximate surface area is 432 Å². The number of aryl methyl sites for hydroxylation is 2. The molecule has 0 aromatic heterocycles. The average molecular weight is 943 g/mol. The summed E-state index contributed by atoms with van der Waals surface area (Å²) in [6, 6.07) is 71.0. The molecule has 0 amide bonds. The molecule has 9 aromatic carbocycles. The van der Waals surface area contributed by atoms with E-state index in [1.54, 1.807) is 0 Å². The van der Waals surface area contributed by atoms with E-state index in [0.717, 1.165) is 33.6 Å². The summed E-state index contributed by atoms with van der Waals surface area (Å²) in [6.45, 7) is 29.1. The lowest BCUT2D eigenvalue weighted by Crippen LogP contribution is -2.37. The van der Waals surface area contributed by atoms with Crippen molar-refractivity contribution in [3.63, 3.8) is 0 Å². The van der Waals surface area contributed by atoms with Crippen molar-refractivity contribution in [3.8, 4) is 22.3 Å². The zero-order valence-electron chi connectivity index (χ0n) is 43.7. The van der Waals surface area contributed by atoms with Crippen LogP contribution in [0.25, 0.3) is 33.4 Å². The van der Waals surface area contributed by atoms with Crippen molar-refractivity contribution >= 4 is 45.3 Å². The van der Waals surface area contributed by atoms with Crippen LogP contribution in [0.4, 0.5) is 34.1 Å². The zero-order valence-corrected chi connectivity index (χ0v) is 43.7. The van der Waals surface area contributed by atoms with Crippen LogP contribution in [0.15, 0.2) is 195 Å². The van der Waals surface area contributed by atoms with E-state index in [9.17, 15) is 0 Å². The zero-order chi connectivity index (χ0) is 50.5. The summed E-state index contributed by atoms with van der Waals surface area (Å²) in [6.07, 6.45) is 0. The third-order valence-electron chi connectivity index (χ3n) is 16.9. The standard InChI is InChI=1S/C71H62N2/c1-42(2)47-23-30-52(31-24-47)72-65-18-14-13-17-58(65)71(64-36-46(8)22-35-67(64)72)60-37-48(43(3)4)25-32-53(60)55-40-62-56(41-63(55)71)54-33-27-50(69(9,10)11)39-61(54)70(62)57-16-12-15-19-66(57)73(51-28-20-45(7)21-29-51)68-38-49(44(5)6)26-34-59(68)70/h12-41,43H,1,5H2,2-4,6-11H3. The van der Waals surface area contributed by atoms with E-state index >= 15 is 0 Å². The molecule has 0 bridgehead atoms. The Kier molecular flexibility index (Phi) is 9.72. The fraction of sp³-hybridized carbons (Fsp3) is 0.183. The van der Waals surface area contributed by atoms with Crippen LogP contribution >= 0.6 is 0 Å². The lowest BCUT2D eigenvalue weighted by Gasteiger charge is -2.46. The summed E-state index contributed by atoms with van der Waals surface area (Å²) in [7, 11) is 0. The number of anilines is 6. The fourth-order valence-corrected chi connectivity index (χ4v) is 13.2. The van der Waals surface area contributed by atoms with Gasteiger partial charge in [0.2, 0.25) is 0 Å². The monoisotopic (exact) mass is 942 g/mol. The number of benzene rings is 9. The minimum absolute atomic E-state index is 0.0806. The highest BCUT2D eigenvalue weighted by atomic mass is 15.2. The lowest BCUT2D eigenvalue weighted by atomic mass is 9.62. The molecule has 2 heterocycles. The van der Waals surface area contributed by atoms with E-state index in [-0.39, 0.29) is 5.41 Å². The van der Waals surface area contributed by atoms with Crippen molar-refractivity contribution < 1.29 is 0 Å². The molecular formula is C71H62N2. The number of hydrogen-bond acceptors (Lipinski definition) is 2. The molecule has 2 aliphatic carbocycles. The third kappa shape index (κ3) is 6.16. The van der Waals surface area contributed by atoms with Crippen molar-refractivity contribution in [3.05, 3.63) is 273 Å². The van der Waals surface area contributed by atoms with Crippen LogP contribution in [0.1, 0.15) is 132 Å². The number of rotatable bonds is 5. The second-order valence-electron chi connectivity index (χ2n) is 22.8. The summed E-state index contributed by atoms with van der Waals surface area (Å²) >= 11 is 0. The van der Waals surface area contributed by atoms with Gasteiger partial charge in [-0.2, -0.15) is 0 Å². The van der Waals surface area contributed by atoms with E-state index in [2.05, 4.69) is 267 Å². The maximum absolute atomic E-state index is 4.49. The molecule has 2 unspecified atom stereocenters. The van der Waals surface area contributed by atoms with E-state index in [0.29, 0.717) is 5.92 Å². The average Bonchev–Trinajstić information content (AvgIpc) is 3.84. The first-order valence-corrected chi connectivity index (χ1v) is 26.1. The van der Waals surface area contributed by atoms with Gasteiger partial charge in [0, 0.05) is 11.4 Å². The van der Waals surface area contributed by atoms with Gasteiger partial charge in [0.05, 0.1) is 33.6 Å². The lowest BCUT2D eigenvalue weighted by molar-refractivity contribution is 0.588. The van der Waals surface area contributed by atoms with Crippen molar-refractivity contribution in [2.75, 3.05) is 9.80 Å². The first-order chi connectivity index (χ1) is 35.1. The minimum atomic E-state index is -0.652. The van der Waals surface area contributed by atoms with Crippen LogP contribution in [-0.4, -0.2) is 0 Å². The number of fused-ring (bicyclic) bond motifs is 18. The number of para-hydroxylation sites is 2. The minimum Gasteiger partial charge on any atom is -0.310 e. The SMILES string of the molecule is C=C(C)c1ccc(N2c3ccccc3C3(c4cc(C(C)C)ccc4-c4cc5c(cc43)-c3ccc(C(C)(C)C)cc3C53c4ccccc4N(c4ccc(C)cc4)c4cc(C(=C)C)ccc43)c3cc(C)ccc32)cc1. The predicted octanol–water partition coefficient (Wildman–Crippen LogP) is 19.1. The van der Waals surface area contributed by atoms with Crippen molar-refractivity contribution in [1.82, 2.24) is 0 Å². The summed E-state index contributed by atoms with van der Waals surface area (Å²) < 4.78 is 0. The first kappa shape index (κ1) is 45.0. The number of nitrogens with zero attached hydrogens (tertiary/aromatic N) is 2. The summed E-state index contributed by atoms with van der Waals surface area (Å²) in [5, 5.41) is 0. The summed E-state index contributed by atoms with van der Waals surface area (Å²) in [5.41, 5.74) is 31.0. The van der Waals surface area contributed by atoms with Crippen LogP contribution in [0.2, 0.25) is 0 Å². The Bertz CT molecular complexity index is 3840. The molecule has 2 heteroatoms. The van der Waals surface area contributed by atoms with Gasteiger partial charge in [-0.1, -0.05) is 191 Å². The highest BCUT2D eigenvalue weighted by molar-refractivity contribution is 6.02. The normalized spacial score (nSPS) is 17.4. The summed E-state index contributed by atoms with van der Waals surface area (Å²) in [5.74, 6) is 0.346. The molecule has 2 atom stereocenters. The molecule has 2 nitrogen and oxygen atoms in total. The molecule has 4 aliphatic rings. The predicted molar refractivity (Wildman–Crippen MR) is 309 cm³/mol. The molecule has 73 heavy (non-hydrogen) atoms. The van der Waals surface area contributed by atoms with Gasteiger partial charge in [-0.3, -0.25) is 0 Å². The topological polar surface area (TPSA) is 6.48 Å². The number of allylic oxidation sites excluding steroid dienone is 2. The molecule has 2 aliphatic heterocycles. The first-order valence-electron chi connectivity index (χ1n) is 26.1. The largest absolute Gasteiger partial charge is 0.310 e. The van der Waals surface area contributed by atoms with Crippen LogP contribution in [0.3, 0.4) is 0 Å². The second-order valence-corrected chi connectivity index (χ2v) is 22.8. The molecule has 0 saturated heterocycles.